The van der Waals surface area contributed by atoms with Crippen molar-refractivity contribution in [1.29, 1.82) is 0 Å². The van der Waals surface area contributed by atoms with E-state index in [4.69, 9.17) is 5.73 Å². The summed E-state index contributed by atoms with van der Waals surface area (Å²) in [5.41, 5.74) is 6.14. The Hall–Kier alpha value is -2.34. The van der Waals surface area contributed by atoms with E-state index in [9.17, 15) is 17.6 Å². The number of halogens is 4. The number of H-pyrrole nitrogens is 1. The zero-order valence-electron chi connectivity index (χ0n) is 13.5. The molecule has 0 bridgehead atoms. The molecule has 1 aromatic heterocycles. The van der Waals surface area contributed by atoms with Crippen LogP contribution >= 0.6 is 0 Å². The van der Waals surface area contributed by atoms with Crippen LogP contribution in [-0.4, -0.2) is 11.5 Å². The van der Waals surface area contributed by atoms with Gasteiger partial charge in [0.1, 0.15) is 5.82 Å². The molecule has 6 heteroatoms. The van der Waals surface area contributed by atoms with E-state index in [1.807, 2.05) is 0 Å². The first-order valence-electron chi connectivity index (χ1n) is 8.09. The summed E-state index contributed by atoms with van der Waals surface area (Å²) in [6.45, 7) is 0.505. The number of nitrogens with two attached hydrogens (primary N) is 1. The summed E-state index contributed by atoms with van der Waals surface area (Å²) < 4.78 is 54.3. The molecule has 0 unspecified atom stereocenters. The van der Waals surface area contributed by atoms with Crippen molar-refractivity contribution in [3.8, 4) is 11.3 Å². The Morgan fingerprint density at radius 2 is 1.72 bits per heavy atom. The third-order valence-corrected chi connectivity index (χ3v) is 4.27. The number of benzene rings is 2. The Balaban J connectivity index is 2.24. The smallest absolute Gasteiger partial charge is 0.354 e. The van der Waals surface area contributed by atoms with Crippen LogP contribution in [0.5, 0.6) is 0 Å². The SMILES string of the molecule is NCCCCc1c(-c2ccccc2F)[nH]c2c(C(F)(F)F)cccc12. The summed E-state index contributed by atoms with van der Waals surface area (Å²) in [5, 5.41) is 0.477. The predicted molar refractivity (Wildman–Crippen MR) is 90.7 cm³/mol. The maximum absolute atomic E-state index is 14.2. The van der Waals surface area contributed by atoms with E-state index in [1.54, 1.807) is 24.3 Å². The Morgan fingerprint density at radius 3 is 2.40 bits per heavy atom. The number of unbranched alkanes of at least 4 members (excludes halogenated alkanes) is 1. The van der Waals surface area contributed by atoms with Gasteiger partial charge in [0.05, 0.1) is 16.8 Å². The van der Waals surface area contributed by atoms with Crippen LogP contribution in [0.25, 0.3) is 22.2 Å². The normalized spacial score (nSPS) is 12.0. The van der Waals surface area contributed by atoms with E-state index in [0.717, 1.165) is 18.9 Å². The summed E-state index contributed by atoms with van der Waals surface area (Å²) >= 11 is 0. The molecule has 0 aliphatic rings. The number of aromatic amines is 1. The molecule has 2 aromatic carbocycles. The number of aromatic nitrogens is 1. The van der Waals surface area contributed by atoms with E-state index in [-0.39, 0.29) is 11.1 Å². The van der Waals surface area contributed by atoms with Crippen molar-refractivity contribution in [3.63, 3.8) is 0 Å². The number of hydrogen-bond donors (Lipinski definition) is 2. The lowest BCUT2D eigenvalue weighted by molar-refractivity contribution is -0.136. The van der Waals surface area contributed by atoms with Gasteiger partial charge >= 0.3 is 6.18 Å². The highest BCUT2D eigenvalue weighted by Gasteiger charge is 2.34. The van der Waals surface area contributed by atoms with Gasteiger partial charge in [0.2, 0.25) is 0 Å². The van der Waals surface area contributed by atoms with Crippen LogP contribution in [0, 0.1) is 5.82 Å². The molecule has 0 spiro atoms. The zero-order valence-corrected chi connectivity index (χ0v) is 13.5. The summed E-state index contributed by atoms with van der Waals surface area (Å²) in [7, 11) is 0. The second kappa shape index (κ2) is 6.88. The van der Waals surface area contributed by atoms with Crippen LogP contribution in [0.2, 0.25) is 0 Å². The molecular weight excluding hydrogens is 332 g/mol. The van der Waals surface area contributed by atoms with Crippen LogP contribution < -0.4 is 5.73 Å². The van der Waals surface area contributed by atoms with Gasteiger partial charge in [-0.1, -0.05) is 24.3 Å². The second-order valence-electron chi connectivity index (χ2n) is 5.93. The first kappa shape index (κ1) is 17.5. The average Bonchev–Trinajstić information content (AvgIpc) is 2.93. The van der Waals surface area contributed by atoms with Crippen LogP contribution in [0.1, 0.15) is 24.0 Å². The summed E-state index contributed by atoms with van der Waals surface area (Å²) in [4.78, 5) is 2.83. The highest BCUT2D eigenvalue weighted by atomic mass is 19.4. The van der Waals surface area contributed by atoms with Gasteiger partial charge < -0.3 is 10.7 Å². The van der Waals surface area contributed by atoms with Crippen molar-refractivity contribution in [2.75, 3.05) is 6.54 Å². The van der Waals surface area contributed by atoms with Gasteiger partial charge in [-0.15, -0.1) is 0 Å². The van der Waals surface area contributed by atoms with Crippen LogP contribution in [0.15, 0.2) is 42.5 Å². The molecule has 2 nitrogen and oxygen atoms in total. The molecule has 0 saturated heterocycles. The van der Waals surface area contributed by atoms with E-state index >= 15 is 0 Å². The Bertz CT molecular complexity index is 881. The van der Waals surface area contributed by atoms with Gasteiger partial charge in [-0.2, -0.15) is 13.2 Å². The van der Waals surface area contributed by atoms with E-state index < -0.39 is 17.6 Å². The largest absolute Gasteiger partial charge is 0.418 e. The lowest BCUT2D eigenvalue weighted by Crippen LogP contribution is -2.05. The van der Waals surface area contributed by atoms with Crippen molar-refractivity contribution in [2.45, 2.75) is 25.4 Å². The van der Waals surface area contributed by atoms with Crippen molar-refractivity contribution in [2.24, 2.45) is 5.73 Å². The first-order chi connectivity index (χ1) is 11.9. The second-order valence-corrected chi connectivity index (χ2v) is 5.93. The van der Waals surface area contributed by atoms with E-state index in [2.05, 4.69) is 4.98 Å². The molecule has 132 valence electrons. The lowest BCUT2D eigenvalue weighted by Gasteiger charge is -2.07. The average molecular weight is 350 g/mol. The number of rotatable bonds is 5. The Labute approximate surface area is 142 Å². The molecular formula is C19H18F4N2. The molecule has 3 N–H and O–H groups in total. The summed E-state index contributed by atoms with van der Waals surface area (Å²) in [6, 6.07) is 10.2. The van der Waals surface area contributed by atoms with Crippen LogP contribution in [0.3, 0.4) is 0 Å². The molecule has 0 amide bonds. The number of alkyl halides is 3. The molecule has 0 saturated carbocycles. The third-order valence-electron chi connectivity index (χ3n) is 4.27. The van der Waals surface area contributed by atoms with Gasteiger partial charge in [0.15, 0.2) is 0 Å². The van der Waals surface area contributed by atoms with E-state index in [1.165, 1.54) is 12.1 Å². The predicted octanol–water partition coefficient (Wildman–Crippen LogP) is 5.27. The highest BCUT2D eigenvalue weighted by molar-refractivity contribution is 5.93. The Morgan fingerprint density at radius 1 is 0.960 bits per heavy atom. The number of hydrogen-bond acceptors (Lipinski definition) is 1. The van der Waals surface area contributed by atoms with Gasteiger partial charge in [0, 0.05) is 10.9 Å². The number of nitrogens with one attached hydrogen (secondary N) is 1. The number of para-hydroxylation sites is 1. The van der Waals surface area contributed by atoms with Crippen LogP contribution in [0.4, 0.5) is 17.6 Å². The minimum Gasteiger partial charge on any atom is -0.354 e. The fourth-order valence-electron chi connectivity index (χ4n) is 3.11. The van der Waals surface area contributed by atoms with Gasteiger partial charge in [0.25, 0.3) is 0 Å². The molecule has 0 aliphatic heterocycles. The summed E-state index contributed by atoms with van der Waals surface area (Å²) in [5.74, 6) is -0.470. The van der Waals surface area contributed by atoms with Gasteiger partial charge in [-0.3, -0.25) is 0 Å². The van der Waals surface area contributed by atoms with Crippen molar-refractivity contribution in [1.82, 2.24) is 4.98 Å². The fraction of sp³-hybridized carbons (Fsp3) is 0.263. The van der Waals surface area contributed by atoms with Crippen molar-refractivity contribution in [3.05, 3.63) is 59.4 Å². The molecule has 0 radical (unpaired) electrons. The topological polar surface area (TPSA) is 41.8 Å². The molecule has 0 aliphatic carbocycles. The van der Waals surface area contributed by atoms with Crippen molar-refractivity contribution >= 4 is 10.9 Å². The maximum atomic E-state index is 14.2. The quantitative estimate of drug-likeness (QED) is 0.477. The molecule has 25 heavy (non-hydrogen) atoms. The zero-order chi connectivity index (χ0) is 18.0. The molecule has 3 rings (SSSR count). The third kappa shape index (κ3) is 3.39. The highest BCUT2D eigenvalue weighted by Crippen LogP contribution is 2.39. The molecule has 3 aromatic rings. The first-order valence-corrected chi connectivity index (χ1v) is 8.09. The minimum absolute atomic E-state index is 0.00370. The van der Waals surface area contributed by atoms with Crippen LogP contribution in [-0.2, 0) is 12.6 Å². The fourth-order valence-corrected chi connectivity index (χ4v) is 3.11. The minimum atomic E-state index is -4.48. The number of fused-ring (bicyclic) bond motifs is 1. The lowest BCUT2D eigenvalue weighted by atomic mass is 9.99. The van der Waals surface area contributed by atoms with Crippen molar-refractivity contribution < 1.29 is 17.6 Å². The number of aryl methyl sites for hydroxylation is 1. The molecule has 1 heterocycles. The maximum Gasteiger partial charge on any atom is 0.418 e. The summed E-state index contributed by atoms with van der Waals surface area (Å²) in [6.07, 6.45) is -2.48. The van der Waals surface area contributed by atoms with Gasteiger partial charge in [-0.25, -0.2) is 4.39 Å². The standard InChI is InChI=1S/C19H18F4N2/c20-16-10-2-1-7-14(16)17-12(6-3-4-11-24)13-8-5-9-15(18(13)25-17)19(21,22)23/h1-2,5,7-10,25H,3-4,6,11,24H2. The molecule has 0 atom stereocenters. The van der Waals surface area contributed by atoms with E-state index in [0.29, 0.717) is 29.6 Å². The Kier molecular flexibility index (Phi) is 4.81. The monoisotopic (exact) mass is 350 g/mol. The molecule has 0 fully saturated rings. The van der Waals surface area contributed by atoms with Gasteiger partial charge in [-0.05, 0) is 49.6 Å².